The fourth-order valence-corrected chi connectivity index (χ4v) is 4.66. The van der Waals surface area contributed by atoms with E-state index in [1.54, 1.807) is 12.3 Å². The summed E-state index contributed by atoms with van der Waals surface area (Å²) < 4.78 is 1.86. The van der Waals surface area contributed by atoms with Gasteiger partial charge >= 0.3 is 5.97 Å². The molecule has 3 aromatic rings. The molecule has 1 fully saturated rings. The smallest absolute Gasteiger partial charge is 0.337 e. The van der Waals surface area contributed by atoms with E-state index in [1.807, 2.05) is 28.9 Å². The summed E-state index contributed by atoms with van der Waals surface area (Å²) in [5.41, 5.74) is 2.64. The molecule has 0 amide bonds. The van der Waals surface area contributed by atoms with E-state index in [9.17, 15) is 14.7 Å². The molecule has 1 aromatic carbocycles. The van der Waals surface area contributed by atoms with Crippen molar-refractivity contribution in [3.63, 3.8) is 0 Å². The van der Waals surface area contributed by atoms with Gasteiger partial charge in [-0.1, -0.05) is 69.7 Å². The van der Waals surface area contributed by atoms with Gasteiger partial charge in [0, 0.05) is 25.2 Å². The second-order valence-electron chi connectivity index (χ2n) is 9.17. The lowest BCUT2D eigenvalue weighted by Crippen LogP contribution is -2.13. The number of pyridine rings is 1. The van der Waals surface area contributed by atoms with Crippen molar-refractivity contribution in [2.24, 2.45) is 5.92 Å². The van der Waals surface area contributed by atoms with Gasteiger partial charge in [-0.15, -0.1) is 5.10 Å². The lowest BCUT2D eigenvalue weighted by atomic mass is 9.86. The van der Waals surface area contributed by atoms with Gasteiger partial charge in [0.2, 0.25) is 11.6 Å². The van der Waals surface area contributed by atoms with Crippen LogP contribution in [0.25, 0.3) is 11.1 Å². The van der Waals surface area contributed by atoms with E-state index in [2.05, 4.69) is 22.0 Å². The van der Waals surface area contributed by atoms with Crippen LogP contribution in [0.2, 0.25) is 0 Å². The molecule has 0 saturated heterocycles. The predicted octanol–water partition coefficient (Wildman–Crippen LogP) is 5.58. The molecular formula is C27H32N4O3. The van der Waals surface area contributed by atoms with E-state index in [-0.39, 0.29) is 11.3 Å². The summed E-state index contributed by atoms with van der Waals surface area (Å²) in [6.07, 6.45) is 12.3. The number of hydrogen-bond acceptors (Lipinski definition) is 5. The van der Waals surface area contributed by atoms with Gasteiger partial charge in [-0.3, -0.25) is 9.78 Å². The maximum atomic E-state index is 12.9. The number of aromatic nitrogens is 4. The number of ketones is 1. The minimum atomic E-state index is -0.999. The Bertz CT molecular complexity index is 1130. The van der Waals surface area contributed by atoms with Crippen LogP contribution in [0.1, 0.15) is 90.7 Å². The summed E-state index contributed by atoms with van der Waals surface area (Å²) in [4.78, 5) is 33.0. The van der Waals surface area contributed by atoms with Crippen LogP contribution in [0.4, 0.5) is 0 Å². The van der Waals surface area contributed by atoms with Crippen molar-refractivity contribution >= 4 is 11.8 Å². The molecule has 7 nitrogen and oxygen atoms in total. The topological polar surface area (TPSA) is 98.0 Å². The van der Waals surface area contributed by atoms with Crippen LogP contribution in [0.5, 0.6) is 0 Å². The van der Waals surface area contributed by atoms with Crippen molar-refractivity contribution in [2.75, 3.05) is 0 Å². The van der Waals surface area contributed by atoms with Crippen molar-refractivity contribution in [3.8, 4) is 11.1 Å². The minimum Gasteiger partial charge on any atom is -0.478 e. The Morgan fingerprint density at radius 3 is 2.56 bits per heavy atom. The average molecular weight is 461 g/mol. The number of hydrogen-bond donors (Lipinski definition) is 1. The summed E-state index contributed by atoms with van der Waals surface area (Å²) in [6.45, 7) is 2.66. The summed E-state index contributed by atoms with van der Waals surface area (Å²) in [7, 11) is 0. The number of aryl methyl sites for hydroxylation is 1. The average Bonchev–Trinajstić information content (AvgIpc) is 3.26. The molecule has 0 aliphatic heterocycles. The monoisotopic (exact) mass is 460 g/mol. The number of carboxylic acid groups (broad SMARTS) is 1. The summed E-state index contributed by atoms with van der Waals surface area (Å²) >= 11 is 0. The highest BCUT2D eigenvalue weighted by Crippen LogP contribution is 2.27. The molecule has 0 bridgehead atoms. The highest BCUT2D eigenvalue weighted by Gasteiger charge is 2.22. The van der Waals surface area contributed by atoms with Crippen molar-refractivity contribution in [3.05, 3.63) is 65.5 Å². The molecular weight excluding hydrogens is 428 g/mol. The molecule has 0 radical (unpaired) electrons. The van der Waals surface area contributed by atoms with Gasteiger partial charge in [0.15, 0.2) is 0 Å². The van der Waals surface area contributed by atoms with E-state index < -0.39 is 5.97 Å². The maximum Gasteiger partial charge on any atom is 0.337 e. The molecule has 34 heavy (non-hydrogen) atoms. The standard InChI is InChI=1S/C27H32N4O3/c1-2-3-9-25-29-26(24(32)16-19-7-5-4-6-8-19)30-31(25)18-20-10-12-21(13-11-20)22-14-15-28-17-23(22)27(33)34/h10-15,17,19H,2-9,16,18H2,1H3,(H,33,34). The van der Waals surface area contributed by atoms with Gasteiger partial charge in [-0.2, -0.15) is 0 Å². The number of carboxylic acids is 1. The van der Waals surface area contributed by atoms with Crippen LogP contribution in [0, 0.1) is 5.92 Å². The van der Waals surface area contributed by atoms with Gasteiger partial charge in [-0.25, -0.2) is 14.5 Å². The first-order valence-corrected chi connectivity index (χ1v) is 12.3. The zero-order valence-corrected chi connectivity index (χ0v) is 19.7. The molecule has 1 aliphatic rings. The van der Waals surface area contributed by atoms with Crippen molar-refractivity contribution in [2.45, 2.75) is 71.3 Å². The third-order valence-electron chi connectivity index (χ3n) is 6.60. The second kappa shape index (κ2) is 11.2. The lowest BCUT2D eigenvalue weighted by Gasteiger charge is -2.19. The largest absolute Gasteiger partial charge is 0.478 e. The number of rotatable bonds is 10. The Balaban J connectivity index is 1.52. The van der Waals surface area contributed by atoms with Gasteiger partial charge in [-0.05, 0) is 35.1 Å². The van der Waals surface area contributed by atoms with E-state index in [4.69, 9.17) is 0 Å². The van der Waals surface area contributed by atoms with Gasteiger partial charge in [0.1, 0.15) is 5.82 Å². The van der Waals surface area contributed by atoms with Crippen LogP contribution in [0.3, 0.4) is 0 Å². The van der Waals surface area contributed by atoms with Crippen molar-refractivity contribution in [1.82, 2.24) is 19.7 Å². The number of aromatic carboxylic acids is 1. The zero-order valence-electron chi connectivity index (χ0n) is 19.7. The van der Waals surface area contributed by atoms with E-state index >= 15 is 0 Å². The van der Waals surface area contributed by atoms with Crippen LogP contribution < -0.4 is 0 Å². The minimum absolute atomic E-state index is 0.0534. The van der Waals surface area contributed by atoms with Crippen molar-refractivity contribution < 1.29 is 14.7 Å². The van der Waals surface area contributed by atoms with Gasteiger partial charge in [0.25, 0.3) is 0 Å². The number of unbranched alkanes of at least 4 members (excludes halogenated alkanes) is 1. The Morgan fingerprint density at radius 2 is 1.85 bits per heavy atom. The first kappa shape index (κ1) is 23.8. The SMILES string of the molecule is CCCCc1nc(C(=O)CC2CCCCC2)nn1Cc1ccc(-c2ccncc2C(=O)O)cc1. The van der Waals surface area contributed by atoms with Crippen LogP contribution in [-0.2, 0) is 13.0 Å². The normalized spacial score (nSPS) is 14.3. The maximum absolute atomic E-state index is 12.9. The molecule has 0 spiro atoms. The Hall–Kier alpha value is -3.35. The molecule has 7 heteroatoms. The van der Waals surface area contributed by atoms with Crippen LogP contribution in [-0.4, -0.2) is 36.6 Å². The highest BCUT2D eigenvalue weighted by molar-refractivity contribution is 5.95. The molecule has 1 saturated carbocycles. The van der Waals surface area contributed by atoms with Crippen LogP contribution in [0.15, 0.2) is 42.7 Å². The fraction of sp³-hybridized carbons (Fsp3) is 0.444. The molecule has 4 rings (SSSR count). The highest BCUT2D eigenvalue weighted by atomic mass is 16.4. The third-order valence-corrected chi connectivity index (χ3v) is 6.60. The van der Waals surface area contributed by atoms with E-state index in [1.165, 1.54) is 25.5 Å². The second-order valence-corrected chi connectivity index (χ2v) is 9.17. The number of carbonyl (C=O) groups excluding carboxylic acids is 1. The van der Waals surface area contributed by atoms with E-state index in [0.29, 0.717) is 30.3 Å². The molecule has 0 atom stereocenters. The molecule has 0 unspecified atom stereocenters. The number of nitrogens with zero attached hydrogens (tertiary/aromatic N) is 4. The Labute approximate surface area is 200 Å². The third kappa shape index (κ3) is 5.76. The molecule has 1 aliphatic carbocycles. The molecule has 2 heterocycles. The summed E-state index contributed by atoms with van der Waals surface area (Å²) in [5, 5.41) is 14.1. The lowest BCUT2D eigenvalue weighted by molar-refractivity contribution is 0.0697. The fourth-order valence-electron chi connectivity index (χ4n) is 4.66. The van der Waals surface area contributed by atoms with Crippen molar-refractivity contribution in [1.29, 1.82) is 0 Å². The first-order chi connectivity index (χ1) is 16.5. The van der Waals surface area contributed by atoms with E-state index in [0.717, 1.165) is 49.1 Å². The Kier molecular flexibility index (Phi) is 7.83. The molecule has 2 aromatic heterocycles. The number of benzene rings is 1. The predicted molar refractivity (Wildman–Crippen MR) is 130 cm³/mol. The number of Topliss-reactive ketones (excluding diaryl/α,β-unsaturated/α-hetero) is 1. The summed E-state index contributed by atoms with van der Waals surface area (Å²) in [6, 6.07) is 9.47. The van der Waals surface area contributed by atoms with Gasteiger partial charge in [0.05, 0.1) is 12.1 Å². The summed E-state index contributed by atoms with van der Waals surface area (Å²) in [5.74, 6) is 0.707. The quantitative estimate of drug-likeness (QED) is 0.397. The van der Waals surface area contributed by atoms with Crippen LogP contribution >= 0.6 is 0 Å². The molecule has 178 valence electrons. The Morgan fingerprint density at radius 1 is 1.09 bits per heavy atom. The van der Waals surface area contributed by atoms with Gasteiger partial charge < -0.3 is 5.11 Å². The first-order valence-electron chi connectivity index (χ1n) is 12.3. The zero-order chi connectivity index (χ0) is 23.9. The number of carbonyl (C=O) groups is 2. The molecule has 1 N–H and O–H groups in total.